The first-order valence-corrected chi connectivity index (χ1v) is 9.89. The van der Waals surface area contributed by atoms with E-state index >= 15 is 0 Å². The topological polar surface area (TPSA) is 109 Å². The van der Waals surface area contributed by atoms with Crippen LogP contribution in [-0.4, -0.2) is 42.4 Å². The number of aromatic nitrogens is 3. The third-order valence-corrected chi connectivity index (χ3v) is 4.88. The van der Waals surface area contributed by atoms with E-state index in [1.165, 1.54) is 21.3 Å². The Labute approximate surface area is 184 Å². The third-order valence-electron chi connectivity index (χ3n) is 4.88. The number of aryl methyl sites for hydroxylation is 1. The smallest absolute Gasteiger partial charge is 0.227 e. The lowest BCUT2D eigenvalue weighted by molar-refractivity contribution is -0.116. The van der Waals surface area contributed by atoms with Gasteiger partial charge in [-0.1, -0.05) is 11.2 Å². The van der Waals surface area contributed by atoms with Crippen LogP contribution in [0.25, 0.3) is 22.3 Å². The number of benzene rings is 2. The summed E-state index contributed by atoms with van der Waals surface area (Å²) in [5, 5.41) is 7.82. The fourth-order valence-electron chi connectivity index (χ4n) is 3.33. The van der Waals surface area contributed by atoms with Gasteiger partial charge in [0.2, 0.25) is 23.4 Å². The zero-order valence-electron chi connectivity index (χ0n) is 17.9. The van der Waals surface area contributed by atoms with Gasteiger partial charge < -0.3 is 24.1 Å². The molecule has 2 heterocycles. The number of amides is 1. The van der Waals surface area contributed by atoms with Crippen molar-refractivity contribution in [1.82, 2.24) is 15.1 Å². The molecule has 0 saturated carbocycles. The normalized spacial score (nSPS) is 10.7. The minimum Gasteiger partial charge on any atom is -0.493 e. The molecule has 0 aliphatic heterocycles. The summed E-state index contributed by atoms with van der Waals surface area (Å²) in [6, 6.07) is 12.8. The molecule has 1 N–H and O–H groups in total. The Bertz CT molecular complexity index is 1220. The Balaban J connectivity index is 1.45. The number of carbonyl (C=O) groups is 1. The minimum absolute atomic E-state index is 0.158. The van der Waals surface area contributed by atoms with Gasteiger partial charge in [0, 0.05) is 30.0 Å². The number of methoxy groups -OCH3 is 3. The quantitative estimate of drug-likeness (QED) is 0.445. The van der Waals surface area contributed by atoms with Gasteiger partial charge in [0.15, 0.2) is 11.5 Å². The van der Waals surface area contributed by atoms with Crippen LogP contribution in [0.15, 0.2) is 53.2 Å². The summed E-state index contributed by atoms with van der Waals surface area (Å²) in [5.41, 5.74) is 2.17. The van der Waals surface area contributed by atoms with E-state index in [-0.39, 0.29) is 12.3 Å². The summed E-state index contributed by atoms with van der Waals surface area (Å²) >= 11 is 0. The number of hydrogen-bond donors (Lipinski definition) is 1. The predicted molar refractivity (Wildman–Crippen MR) is 118 cm³/mol. The van der Waals surface area contributed by atoms with Crippen molar-refractivity contribution in [2.24, 2.45) is 0 Å². The first kappa shape index (κ1) is 21.1. The highest BCUT2D eigenvalue weighted by Crippen LogP contribution is 2.40. The molecule has 0 aliphatic carbocycles. The third kappa shape index (κ3) is 4.31. The van der Waals surface area contributed by atoms with Crippen molar-refractivity contribution in [3.8, 4) is 28.6 Å². The maximum absolute atomic E-state index is 12.5. The molecule has 0 fully saturated rings. The molecule has 1 amide bonds. The van der Waals surface area contributed by atoms with Crippen LogP contribution in [0.3, 0.4) is 0 Å². The number of anilines is 1. The van der Waals surface area contributed by atoms with Gasteiger partial charge in [-0.25, -0.2) is 0 Å². The van der Waals surface area contributed by atoms with E-state index in [1.807, 2.05) is 30.3 Å². The molecule has 4 aromatic rings. The van der Waals surface area contributed by atoms with Gasteiger partial charge >= 0.3 is 0 Å². The molecule has 0 unspecified atom stereocenters. The van der Waals surface area contributed by atoms with Crippen LogP contribution in [0, 0.1) is 0 Å². The molecule has 2 aromatic carbocycles. The maximum atomic E-state index is 12.5. The SMILES string of the molecule is COc1cc(-c2noc(CCC(=O)Nc3cccc4ncccc34)n2)cc(OC)c1OC. The molecule has 0 aliphatic rings. The number of carbonyl (C=O) groups excluding carboxylic acids is 1. The summed E-state index contributed by atoms with van der Waals surface area (Å²) in [4.78, 5) is 21.2. The zero-order chi connectivity index (χ0) is 22.5. The van der Waals surface area contributed by atoms with Gasteiger partial charge in [0.1, 0.15) is 0 Å². The second kappa shape index (κ2) is 9.34. The summed E-state index contributed by atoms with van der Waals surface area (Å²) in [6.07, 6.45) is 2.20. The van der Waals surface area contributed by atoms with Gasteiger partial charge in [-0.3, -0.25) is 9.78 Å². The maximum Gasteiger partial charge on any atom is 0.227 e. The first-order chi connectivity index (χ1) is 15.6. The van der Waals surface area contributed by atoms with Crippen LogP contribution in [0.4, 0.5) is 5.69 Å². The average molecular weight is 434 g/mol. The number of fused-ring (bicyclic) bond motifs is 1. The fraction of sp³-hybridized carbons (Fsp3) is 0.217. The van der Waals surface area contributed by atoms with Gasteiger partial charge in [0.25, 0.3) is 0 Å². The Morgan fingerprint density at radius 1 is 1.03 bits per heavy atom. The highest BCUT2D eigenvalue weighted by Gasteiger charge is 2.18. The van der Waals surface area contributed by atoms with Gasteiger partial charge in [-0.05, 0) is 36.4 Å². The van der Waals surface area contributed by atoms with Crippen LogP contribution in [0.2, 0.25) is 0 Å². The highest BCUT2D eigenvalue weighted by atomic mass is 16.5. The number of nitrogens with zero attached hydrogens (tertiary/aromatic N) is 3. The fourth-order valence-corrected chi connectivity index (χ4v) is 3.33. The molecule has 0 spiro atoms. The van der Waals surface area contributed by atoms with Gasteiger partial charge in [-0.2, -0.15) is 4.98 Å². The lowest BCUT2D eigenvalue weighted by atomic mass is 10.1. The van der Waals surface area contributed by atoms with Crippen molar-refractivity contribution in [3.05, 3.63) is 54.6 Å². The van der Waals surface area contributed by atoms with E-state index in [9.17, 15) is 4.79 Å². The van der Waals surface area contributed by atoms with Crippen molar-refractivity contribution in [2.45, 2.75) is 12.8 Å². The van der Waals surface area contributed by atoms with Crippen LogP contribution in [-0.2, 0) is 11.2 Å². The lowest BCUT2D eigenvalue weighted by Gasteiger charge is -2.12. The zero-order valence-corrected chi connectivity index (χ0v) is 17.9. The molecule has 32 heavy (non-hydrogen) atoms. The van der Waals surface area contributed by atoms with E-state index in [4.69, 9.17) is 18.7 Å². The number of nitrogens with one attached hydrogen (secondary N) is 1. The standard InChI is InChI=1S/C23H22N4O5/c1-29-18-12-14(13-19(30-2)22(18)31-3)23-26-21(32-27-23)10-9-20(28)25-17-8-4-7-16-15(17)6-5-11-24-16/h4-8,11-13H,9-10H2,1-3H3,(H,25,28). The molecule has 0 saturated heterocycles. The monoisotopic (exact) mass is 434 g/mol. The summed E-state index contributed by atoms with van der Waals surface area (Å²) in [6.45, 7) is 0. The summed E-state index contributed by atoms with van der Waals surface area (Å²) < 4.78 is 21.4. The number of ether oxygens (including phenoxy) is 3. The molecule has 4 rings (SSSR count). The number of pyridine rings is 1. The van der Waals surface area contributed by atoms with Gasteiger partial charge in [-0.15, -0.1) is 0 Å². The van der Waals surface area contributed by atoms with E-state index in [2.05, 4.69) is 20.4 Å². The molecule has 9 heteroatoms. The molecule has 0 atom stereocenters. The van der Waals surface area contributed by atoms with Crippen LogP contribution >= 0.6 is 0 Å². The van der Waals surface area contributed by atoms with Crippen molar-refractivity contribution in [3.63, 3.8) is 0 Å². The van der Waals surface area contributed by atoms with Crippen LogP contribution < -0.4 is 19.5 Å². The summed E-state index contributed by atoms with van der Waals surface area (Å²) in [7, 11) is 4.60. The molecular weight excluding hydrogens is 412 g/mol. The minimum atomic E-state index is -0.158. The molecule has 9 nitrogen and oxygen atoms in total. The molecule has 2 aromatic heterocycles. The molecular formula is C23H22N4O5. The van der Waals surface area contributed by atoms with Gasteiger partial charge in [0.05, 0.1) is 32.5 Å². The Morgan fingerprint density at radius 2 is 1.81 bits per heavy atom. The van der Waals surface area contributed by atoms with E-state index in [1.54, 1.807) is 18.3 Å². The lowest BCUT2D eigenvalue weighted by Crippen LogP contribution is -2.12. The van der Waals surface area contributed by atoms with E-state index in [0.717, 1.165) is 10.9 Å². The Kier molecular flexibility index (Phi) is 6.16. The predicted octanol–water partition coefficient (Wildman–Crippen LogP) is 3.88. The van der Waals surface area contributed by atoms with Crippen molar-refractivity contribution in [1.29, 1.82) is 0 Å². The second-order valence-electron chi connectivity index (χ2n) is 6.85. The number of rotatable bonds is 8. The number of hydrogen-bond acceptors (Lipinski definition) is 8. The first-order valence-electron chi connectivity index (χ1n) is 9.89. The summed E-state index contributed by atoms with van der Waals surface area (Å²) in [5.74, 6) is 1.99. The van der Waals surface area contributed by atoms with Crippen molar-refractivity contribution >= 4 is 22.5 Å². The van der Waals surface area contributed by atoms with Crippen LogP contribution in [0.5, 0.6) is 17.2 Å². The Hall–Kier alpha value is -4.14. The van der Waals surface area contributed by atoms with Crippen molar-refractivity contribution < 1.29 is 23.5 Å². The highest BCUT2D eigenvalue weighted by molar-refractivity contribution is 6.00. The van der Waals surface area contributed by atoms with E-state index in [0.29, 0.717) is 46.6 Å². The Morgan fingerprint density at radius 3 is 2.53 bits per heavy atom. The molecule has 0 radical (unpaired) electrons. The second-order valence-corrected chi connectivity index (χ2v) is 6.85. The average Bonchev–Trinajstić information content (AvgIpc) is 3.31. The van der Waals surface area contributed by atoms with Crippen LogP contribution in [0.1, 0.15) is 12.3 Å². The molecule has 164 valence electrons. The largest absolute Gasteiger partial charge is 0.493 e. The van der Waals surface area contributed by atoms with Crippen molar-refractivity contribution in [2.75, 3.05) is 26.6 Å². The van der Waals surface area contributed by atoms with E-state index < -0.39 is 0 Å². The molecule has 0 bridgehead atoms.